The Hall–Kier alpha value is -2.21. The fourth-order valence-electron chi connectivity index (χ4n) is 4.45. The van der Waals surface area contributed by atoms with E-state index >= 15 is 0 Å². The smallest absolute Gasteiger partial charge is 0.274 e. The Labute approximate surface area is 159 Å². The molecule has 1 atom stereocenters. The van der Waals surface area contributed by atoms with E-state index < -0.39 is 0 Å². The van der Waals surface area contributed by atoms with Crippen LogP contribution in [0.1, 0.15) is 46.6 Å². The molecule has 1 N–H and O–H groups in total. The zero-order valence-electron chi connectivity index (χ0n) is 16.1. The van der Waals surface area contributed by atoms with Crippen molar-refractivity contribution < 1.29 is 9.18 Å². The van der Waals surface area contributed by atoms with Gasteiger partial charge in [-0.05, 0) is 76.2 Å². The fraction of sp³-hybridized carbons (Fsp3) is 0.524. The van der Waals surface area contributed by atoms with Gasteiger partial charge in [0.2, 0.25) is 0 Å². The number of amides is 1. The molecule has 1 aliphatic carbocycles. The molecule has 2 heterocycles. The highest BCUT2D eigenvalue weighted by molar-refractivity contribution is 5.94. The van der Waals surface area contributed by atoms with E-state index in [2.05, 4.69) is 10.4 Å². The third-order valence-corrected chi connectivity index (χ3v) is 5.76. The second-order valence-electron chi connectivity index (χ2n) is 7.81. The molecule has 1 aliphatic heterocycles. The summed E-state index contributed by atoms with van der Waals surface area (Å²) in [6.45, 7) is 4.33. The number of carbonyl (C=O) groups is 1. The predicted molar refractivity (Wildman–Crippen MR) is 103 cm³/mol. The molecular weight excluding hydrogens is 343 g/mol. The highest BCUT2D eigenvalue weighted by Crippen LogP contribution is 2.30. The SMILES string of the molecule is CNCC1CCCN(C(=O)c2nn(-c3ccc(C)cc3F)c3c2CCC3)C1. The van der Waals surface area contributed by atoms with Gasteiger partial charge in [-0.3, -0.25) is 4.79 Å². The summed E-state index contributed by atoms with van der Waals surface area (Å²) in [5.41, 5.74) is 3.83. The second-order valence-corrected chi connectivity index (χ2v) is 7.81. The van der Waals surface area contributed by atoms with Crippen LogP contribution in [-0.2, 0) is 12.8 Å². The van der Waals surface area contributed by atoms with Gasteiger partial charge in [-0.25, -0.2) is 9.07 Å². The zero-order valence-corrected chi connectivity index (χ0v) is 16.1. The normalized spacial score (nSPS) is 19.4. The van der Waals surface area contributed by atoms with Crippen LogP contribution in [0.25, 0.3) is 5.69 Å². The molecule has 2 aromatic rings. The summed E-state index contributed by atoms with van der Waals surface area (Å²) in [7, 11) is 1.95. The Balaban J connectivity index is 1.67. The van der Waals surface area contributed by atoms with Crippen molar-refractivity contribution >= 4 is 5.91 Å². The van der Waals surface area contributed by atoms with Crippen molar-refractivity contribution in [2.75, 3.05) is 26.7 Å². The van der Waals surface area contributed by atoms with Crippen molar-refractivity contribution in [3.63, 3.8) is 0 Å². The number of halogens is 1. The predicted octanol–water partition coefficient (Wildman–Crippen LogP) is 2.88. The van der Waals surface area contributed by atoms with Crippen molar-refractivity contribution in [1.82, 2.24) is 20.0 Å². The van der Waals surface area contributed by atoms with Gasteiger partial charge < -0.3 is 10.2 Å². The summed E-state index contributed by atoms with van der Waals surface area (Å²) in [4.78, 5) is 15.2. The maximum Gasteiger partial charge on any atom is 0.274 e. The first-order valence-electron chi connectivity index (χ1n) is 9.89. The fourth-order valence-corrected chi connectivity index (χ4v) is 4.45. The zero-order chi connectivity index (χ0) is 19.0. The number of nitrogens with one attached hydrogen (secondary N) is 1. The molecule has 1 aromatic heterocycles. The number of benzene rings is 1. The number of nitrogens with zero attached hydrogens (tertiary/aromatic N) is 3. The molecule has 144 valence electrons. The van der Waals surface area contributed by atoms with Crippen LogP contribution in [0.2, 0.25) is 0 Å². The van der Waals surface area contributed by atoms with Gasteiger partial charge in [0, 0.05) is 24.3 Å². The Morgan fingerprint density at radius 2 is 2.19 bits per heavy atom. The number of aromatic nitrogens is 2. The topological polar surface area (TPSA) is 50.2 Å². The number of rotatable bonds is 4. The Morgan fingerprint density at radius 1 is 1.33 bits per heavy atom. The van der Waals surface area contributed by atoms with Crippen LogP contribution >= 0.6 is 0 Å². The first-order valence-corrected chi connectivity index (χ1v) is 9.89. The maximum absolute atomic E-state index is 14.5. The molecule has 0 saturated carbocycles. The van der Waals surface area contributed by atoms with E-state index in [-0.39, 0.29) is 11.7 Å². The molecule has 4 rings (SSSR count). The minimum Gasteiger partial charge on any atom is -0.337 e. The molecule has 1 aromatic carbocycles. The minimum absolute atomic E-state index is 0.000206. The van der Waals surface area contributed by atoms with Gasteiger partial charge in [-0.1, -0.05) is 6.07 Å². The molecule has 0 radical (unpaired) electrons. The molecular formula is C21H27FN4O. The molecule has 27 heavy (non-hydrogen) atoms. The van der Waals surface area contributed by atoms with Crippen LogP contribution in [0.4, 0.5) is 4.39 Å². The number of hydrogen-bond acceptors (Lipinski definition) is 3. The van der Waals surface area contributed by atoms with Crippen molar-refractivity contribution in [1.29, 1.82) is 0 Å². The quantitative estimate of drug-likeness (QED) is 0.900. The maximum atomic E-state index is 14.5. The Kier molecular flexibility index (Phi) is 5.00. The van der Waals surface area contributed by atoms with Crippen LogP contribution in [0.5, 0.6) is 0 Å². The molecule has 1 fully saturated rings. The van der Waals surface area contributed by atoms with Crippen LogP contribution < -0.4 is 5.32 Å². The van der Waals surface area contributed by atoms with Gasteiger partial charge in [0.05, 0.1) is 0 Å². The van der Waals surface area contributed by atoms with Gasteiger partial charge >= 0.3 is 0 Å². The van der Waals surface area contributed by atoms with Crippen LogP contribution in [0.3, 0.4) is 0 Å². The molecule has 6 heteroatoms. The van der Waals surface area contributed by atoms with Crippen LogP contribution in [-0.4, -0.2) is 47.3 Å². The lowest BCUT2D eigenvalue weighted by atomic mass is 9.97. The number of piperidine rings is 1. The van der Waals surface area contributed by atoms with Gasteiger partial charge in [0.15, 0.2) is 5.69 Å². The highest BCUT2D eigenvalue weighted by atomic mass is 19.1. The van der Waals surface area contributed by atoms with Crippen molar-refractivity contribution in [3.8, 4) is 5.69 Å². The van der Waals surface area contributed by atoms with Gasteiger partial charge in [0.1, 0.15) is 11.5 Å². The monoisotopic (exact) mass is 370 g/mol. The Morgan fingerprint density at radius 3 is 2.96 bits per heavy atom. The largest absolute Gasteiger partial charge is 0.337 e. The van der Waals surface area contributed by atoms with E-state index in [0.29, 0.717) is 17.3 Å². The average molecular weight is 370 g/mol. The first-order chi connectivity index (χ1) is 13.1. The van der Waals surface area contributed by atoms with Gasteiger partial charge in [-0.15, -0.1) is 0 Å². The van der Waals surface area contributed by atoms with Gasteiger partial charge in [-0.2, -0.15) is 5.10 Å². The summed E-state index contributed by atoms with van der Waals surface area (Å²) < 4.78 is 16.2. The highest BCUT2D eigenvalue weighted by Gasteiger charge is 2.32. The summed E-state index contributed by atoms with van der Waals surface area (Å²) in [5, 5.41) is 7.82. The Bertz CT molecular complexity index is 858. The number of hydrogen-bond donors (Lipinski definition) is 1. The van der Waals surface area contributed by atoms with E-state index in [1.807, 2.05) is 24.9 Å². The third kappa shape index (κ3) is 3.38. The number of likely N-dealkylation sites (tertiary alicyclic amines) is 1. The van der Waals surface area contributed by atoms with E-state index in [1.165, 1.54) is 6.07 Å². The van der Waals surface area contributed by atoms with E-state index in [0.717, 1.165) is 68.6 Å². The molecule has 2 aliphatic rings. The molecule has 0 spiro atoms. The van der Waals surface area contributed by atoms with E-state index in [9.17, 15) is 9.18 Å². The average Bonchev–Trinajstić information content (AvgIpc) is 3.25. The summed E-state index contributed by atoms with van der Waals surface area (Å²) in [6.07, 6.45) is 4.84. The summed E-state index contributed by atoms with van der Waals surface area (Å²) in [6, 6.07) is 5.16. The lowest BCUT2D eigenvalue weighted by molar-refractivity contribution is 0.0666. The van der Waals surface area contributed by atoms with Crippen LogP contribution in [0, 0.1) is 18.7 Å². The number of aryl methyl sites for hydroxylation is 1. The summed E-state index contributed by atoms with van der Waals surface area (Å²) in [5.74, 6) is 0.191. The molecule has 1 unspecified atom stereocenters. The number of carbonyl (C=O) groups excluding carboxylic acids is 1. The lowest BCUT2D eigenvalue weighted by Crippen LogP contribution is -2.42. The van der Waals surface area contributed by atoms with E-state index in [1.54, 1.807) is 10.7 Å². The summed E-state index contributed by atoms with van der Waals surface area (Å²) >= 11 is 0. The van der Waals surface area contributed by atoms with Crippen molar-refractivity contribution in [2.45, 2.75) is 39.0 Å². The van der Waals surface area contributed by atoms with Crippen molar-refractivity contribution in [2.24, 2.45) is 5.92 Å². The minimum atomic E-state index is -0.293. The number of fused-ring (bicyclic) bond motifs is 1. The molecule has 1 saturated heterocycles. The van der Waals surface area contributed by atoms with Gasteiger partial charge in [0.25, 0.3) is 5.91 Å². The lowest BCUT2D eigenvalue weighted by Gasteiger charge is -2.32. The standard InChI is InChI=1S/C21H27FN4O/c1-14-8-9-19(17(22)11-14)26-18-7-3-6-16(18)20(24-26)21(27)25-10-4-5-15(13-25)12-23-2/h8-9,11,15,23H,3-7,10,12-13H2,1-2H3. The molecule has 0 bridgehead atoms. The molecule has 5 nitrogen and oxygen atoms in total. The second kappa shape index (κ2) is 7.43. The van der Waals surface area contributed by atoms with Crippen LogP contribution in [0.15, 0.2) is 18.2 Å². The van der Waals surface area contributed by atoms with E-state index in [4.69, 9.17) is 0 Å². The third-order valence-electron chi connectivity index (χ3n) is 5.76. The van der Waals surface area contributed by atoms with Crippen molar-refractivity contribution in [3.05, 3.63) is 46.5 Å². The first kappa shape index (κ1) is 18.2. The molecule has 1 amide bonds.